The maximum atomic E-state index is 12.2. The van der Waals surface area contributed by atoms with E-state index in [1.807, 2.05) is 11.5 Å². The van der Waals surface area contributed by atoms with Gasteiger partial charge in [-0.15, -0.1) is 0 Å². The van der Waals surface area contributed by atoms with Crippen molar-refractivity contribution in [2.75, 3.05) is 10.6 Å². The van der Waals surface area contributed by atoms with Crippen LogP contribution in [0.2, 0.25) is 10.0 Å². The van der Waals surface area contributed by atoms with Crippen molar-refractivity contribution < 1.29 is 4.79 Å². The first kappa shape index (κ1) is 18.7. The molecule has 2 aromatic carbocycles. The average molecular weight is 389 g/mol. The third kappa shape index (κ3) is 5.17. The van der Waals surface area contributed by atoms with Gasteiger partial charge in [0, 0.05) is 16.8 Å². The number of carbonyl (C=O) groups excluding carboxylic acids is 1. The van der Waals surface area contributed by atoms with Crippen molar-refractivity contribution in [3.63, 3.8) is 0 Å². The fourth-order valence-corrected chi connectivity index (χ4v) is 2.49. The van der Waals surface area contributed by atoms with Crippen molar-refractivity contribution in [1.29, 1.82) is 10.5 Å². The molecule has 2 rings (SSSR count). The molecule has 0 bridgehead atoms. The molecule has 0 saturated heterocycles. The van der Waals surface area contributed by atoms with E-state index in [4.69, 9.17) is 28.5 Å². The van der Waals surface area contributed by atoms with E-state index in [9.17, 15) is 10.1 Å². The molecule has 0 radical (unpaired) electrons. The van der Waals surface area contributed by atoms with Crippen molar-refractivity contribution in [2.24, 2.45) is 0 Å². The number of hydrogen-bond acceptors (Lipinski definition) is 5. The zero-order valence-electron chi connectivity index (χ0n) is 12.6. The summed E-state index contributed by atoms with van der Waals surface area (Å²) in [5.74, 6) is -0.615. The lowest BCUT2D eigenvalue weighted by molar-refractivity contribution is -0.112. The van der Waals surface area contributed by atoms with Crippen LogP contribution < -0.4 is 10.6 Å². The van der Waals surface area contributed by atoms with Crippen LogP contribution in [0.1, 0.15) is 0 Å². The van der Waals surface area contributed by atoms with Crippen molar-refractivity contribution >= 4 is 52.2 Å². The van der Waals surface area contributed by atoms with Gasteiger partial charge in [0.2, 0.25) is 0 Å². The minimum atomic E-state index is -0.615. The van der Waals surface area contributed by atoms with Gasteiger partial charge < -0.3 is 10.6 Å². The third-order valence-electron chi connectivity index (χ3n) is 2.97. The van der Waals surface area contributed by atoms with Gasteiger partial charge in [-0.3, -0.25) is 4.79 Å². The number of carbonyl (C=O) groups is 1. The van der Waals surface area contributed by atoms with E-state index in [0.717, 1.165) is 16.7 Å². The monoisotopic (exact) mass is 388 g/mol. The highest BCUT2D eigenvalue weighted by molar-refractivity contribution is 8.03. The largest absolute Gasteiger partial charge is 0.360 e. The molecule has 0 aliphatic rings. The number of benzene rings is 2. The van der Waals surface area contributed by atoms with Gasteiger partial charge in [0.25, 0.3) is 5.91 Å². The standard InChI is InChI=1S/C17H10Cl2N4OS/c18-14-2-1-3-15(16(14)19)23-17(24)11(8-20)9-22-12-4-6-13(7-5-12)25-10-21/h1-7,9,22H,(H,23,24)/b11-9-. The molecule has 8 heteroatoms. The Bertz CT molecular complexity index is 898. The Morgan fingerprint density at radius 1 is 1.12 bits per heavy atom. The Morgan fingerprint density at radius 2 is 1.84 bits per heavy atom. The molecule has 5 nitrogen and oxygen atoms in total. The zero-order chi connectivity index (χ0) is 18.2. The molecule has 1 amide bonds. The number of nitrogens with zero attached hydrogens (tertiary/aromatic N) is 2. The lowest BCUT2D eigenvalue weighted by Gasteiger charge is -2.08. The maximum Gasteiger partial charge on any atom is 0.267 e. The molecular formula is C17H10Cl2N4OS. The lowest BCUT2D eigenvalue weighted by Crippen LogP contribution is -2.14. The topological polar surface area (TPSA) is 88.7 Å². The first-order valence-electron chi connectivity index (χ1n) is 6.83. The molecule has 0 heterocycles. The normalized spacial score (nSPS) is 10.5. The average Bonchev–Trinajstić information content (AvgIpc) is 2.61. The minimum absolute atomic E-state index is 0.133. The molecule has 25 heavy (non-hydrogen) atoms. The number of anilines is 2. The summed E-state index contributed by atoms with van der Waals surface area (Å²) in [5, 5.41) is 25.7. The van der Waals surface area contributed by atoms with Crippen LogP contribution in [-0.4, -0.2) is 5.91 Å². The van der Waals surface area contributed by atoms with Gasteiger partial charge in [0.15, 0.2) is 0 Å². The predicted molar refractivity (Wildman–Crippen MR) is 100 cm³/mol. The van der Waals surface area contributed by atoms with Crippen LogP contribution in [0.4, 0.5) is 11.4 Å². The Kier molecular flexibility index (Phi) is 6.73. The molecule has 0 fully saturated rings. The summed E-state index contributed by atoms with van der Waals surface area (Å²) in [6.07, 6.45) is 1.29. The van der Waals surface area contributed by atoms with Crippen molar-refractivity contribution in [1.82, 2.24) is 0 Å². The Morgan fingerprint density at radius 3 is 2.48 bits per heavy atom. The minimum Gasteiger partial charge on any atom is -0.360 e. The summed E-state index contributed by atoms with van der Waals surface area (Å²) in [4.78, 5) is 13.0. The number of thiocyanates is 1. The summed E-state index contributed by atoms with van der Waals surface area (Å²) >= 11 is 12.9. The van der Waals surface area contributed by atoms with Crippen molar-refractivity contribution in [3.05, 3.63) is 64.3 Å². The maximum absolute atomic E-state index is 12.2. The molecule has 2 N–H and O–H groups in total. The van der Waals surface area contributed by atoms with E-state index in [1.165, 1.54) is 6.20 Å². The fourth-order valence-electron chi connectivity index (χ4n) is 1.77. The molecule has 0 spiro atoms. The second kappa shape index (κ2) is 9.00. The van der Waals surface area contributed by atoms with Crippen LogP contribution in [0.5, 0.6) is 0 Å². The summed E-state index contributed by atoms with van der Waals surface area (Å²) < 4.78 is 0. The Balaban J connectivity index is 2.09. The molecule has 0 aliphatic carbocycles. The van der Waals surface area contributed by atoms with Gasteiger partial charge in [-0.2, -0.15) is 10.5 Å². The highest BCUT2D eigenvalue weighted by Gasteiger charge is 2.12. The first-order chi connectivity index (χ1) is 12.0. The number of nitriles is 2. The summed E-state index contributed by atoms with van der Waals surface area (Å²) in [6.45, 7) is 0. The SMILES string of the molecule is N#CSc1ccc(N/C=C(/C#N)C(=O)Nc2cccc(Cl)c2Cl)cc1. The van der Waals surface area contributed by atoms with E-state index in [1.54, 1.807) is 42.5 Å². The Hall–Kier alpha value is -2.64. The van der Waals surface area contributed by atoms with Crippen LogP contribution >= 0.6 is 35.0 Å². The second-order valence-corrected chi connectivity index (χ2v) is 6.23. The molecule has 0 unspecified atom stereocenters. The lowest BCUT2D eigenvalue weighted by atomic mass is 10.2. The van der Waals surface area contributed by atoms with Gasteiger partial charge >= 0.3 is 0 Å². The van der Waals surface area contributed by atoms with Crippen molar-refractivity contribution in [2.45, 2.75) is 4.90 Å². The fraction of sp³-hybridized carbons (Fsp3) is 0. The van der Waals surface area contributed by atoms with Gasteiger partial charge in [0.1, 0.15) is 17.0 Å². The third-order valence-corrected chi connectivity index (χ3v) is 4.38. The highest BCUT2D eigenvalue weighted by Crippen LogP contribution is 2.29. The molecule has 0 saturated carbocycles. The van der Waals surface area contributed by atoms with Crippen LogP contribution in [0.25, 0.3) is 0 Å². The smallest absolute Gasteiger partial charge is 0.267 e. The van der Waals surface area contributed by atoms with E-state index >= 15 is 0 Å². The van der Waals surface area contributed by atoms with Crippen LogP contribution in [0.3, 0.4) is 0 Å². The quantitative estimate of drug-likeness (QED) is 0.324. The second-order valence-electron chi connectivity index (χ2n) is 4.59. The molecule has 124 valence electrons. The number of hydrogen-bond donors (Lipinski definition) is 2. The van der Waals surface area contributed by atoms with Gasteiger partial charge in [-0.25, -0.2) is 0 Å². The highest BCUT2D eigenvalue weighted by atomic mass is 35.5. The molecule has 0 atom stereocenters. The van der Waals surface area contributed by atoms with Gasteiger partial charge in [-0.1, -0.05) is 29.3 Å². The van der Waals surface area contributed by atoms with E-state index in [-0.39, 0.29) is 10.6 Å². The van der Waals surface area contributed by atoms with Gasteiger partial charge in [-0.05, 0) is 48.2 Å². The molecular weight excluding hydrogens is 379 g/mol. The molecule has 0 aromatic heterocycles. The number of nitrogens with one attached hydrogen (secondary N) is 2. The summed E-state index contributed by atoms with van der Waals surface area (Å²) in [5.41, 5.74) is 0.855. The molecule has 0 aliphatic heterocycles. The van der Waals surface area contributed by atoms with Crippen LogP contribution in [0.15, 0.2) is 59.1 Å². The number of halogens is 2. The predicted octanol–water partition coefficient (Wildman–Crippen LogP) is 5.02. The number of amides is 1. The van der Waals surface area contributed by atoms with E-state index < -0.39 is 5.91 Å². The zero-order valence-corrected chi connectivity index (χ0v) is 14.9. The van der Waals surface area contributed by atoms with Gasteiger partial charge in [0.05, 0.1) is 15.7 Å². The Labute approximate surface area is 158 Å². The summed E-state index contributed by atoms with van der Waals surface area (Å²) in [7, 11) is 0. The van der Waals surface area contributed by atoms with E-state index in [2.05, 4.69) is 10.6 Å². The van der Waals surface area contributed by atoms with Crippen LogP contribution in [0, 0.1) is 22.0 Å². The van der Waals surface area contributed by atoms with E-state index in [0.29, 0.717) is 16.4 Å². The van der Waals surface area contributed by atoms with Crippen LogP contribution in [-0.2, 0) is 4.79 Å². The molecule has 2 aromatic rings. The number of rotatable bonds is 5. The number of thioether (sulfide) groups is 1. The van der Waals surface area contributed by atoms with Crippen molar-refractivity contribution in [3.8, 4) is 11.5 Å². The first-order valence-corrected chi connectivity index (χ1v) is 8.40. The summed E-state index contributed by atoms with van der Waals surface area (Å²) in [6, 6.07) is 13.6.